The van der Waals surface area contributed by atoms with Gasteiger partial charge in [-0.05, 0) is 24.1 Å². The van der Waals surface area contributed by atoms with Gasteiger partial charge < -0.3 is 15.0 Å². The first kappa shape index (κ1) is 19.1. The van der Waals surface area contributed by atoms with Crippen molar-refractivity contribution in [3.05, 3.63) is 95.3 Å². The van der Waals surface area contributed by atoms with Gasteiger partial charge in [-0.1, -0.05) is 60.7 Å². The molecular formula is C22H20N2O4. The van der Waals surface area contributed by atoms with Crippen LogP contribution in [0.3, 0.4) is 0 Å². The molecule has 6 heteroatoms. The molecule has 1 heterocycles. The van der Waals surface area contributed by atoms with E-state index in [1.54, 1.807) is 0 Å². The molecule has 0 fully saturated rings. The minimum absolute atomic E-state index is 0.126. The Kier molecular flexibility index (Phi) is 6.01. The zero-order chi connectivity index (χ0) is 19.9. The highest BCUT2D eigenvalue weighted by Crippen LogP contribution is 2.21. The molecule has 3 rings (SSSR count). The van der Waals surface area contributed by atoms with Crippen LogP contribution in [0.1, 0.15) is 44.9 Å². The molecule has 0 saturated carbocycles. The van der Waals surface area contributed by atoms with Gasteiger partial charge in [0.25, 0.3) is 5.91 Å². The number of hydrogen-bond donors (Lipinski definition) is 2. The molecule has 0 aliphatic heterocycles. The Morgan fingerprint density at radius 2 is 1.54 bits per heavy atom. The molecule has 28 heavy (non-hydrogen) atoms. The maximum atomic E-state index is 12.4. The number of rotatable bonds is 7. The number of ketones is 1. The third kappa shape index (κ3) is 4.73. The second-order valence-electron chi connectivity index (χ2n) is 6.26. The smallest absolute Gasteiger partial charge is 0.355 e. The van der Waals surface area contributed by atoms with Gasteiger partial charge in [0.15, 0.2) is 12.4 Å². The van der Waals surface area contributed by atoms with Crippen molar-refractivity contribution in [3.8, 4) is 0 Å². The number of benzene rings is 2. The van der Waals surface area contributed by atoms with Crippen LogP contribution in [-0.2, 0) is 9.53 Å². The van der Waals surface area contributed by atoms with Crippen molar-refractivity contribution in [1.82, 2.24) is 10.3 Å². The summed E-state index contributed by atoms with van der Waals surface area (Å²) < 4.78 is 5.06. The minimum Gasteiger partial charge on any atom is -0.451 e. The van der Waals surface area contributed by atoms with Gasteiger partial charge in [-0.2, -0.15) is 0 Å². The van der Waals surface area contributed by atoms with Gasteiger partial charge in [0.05, 0.1) is 6.04 Å². The summed E-state index contributed by atoms with van der Waals surface area (Å²) in [5.74, 6) is -1.29. The molecule has 2 N–H and O–H groups in total. The summed E-state index contributed by atoms with van der Waals surface area (Å²) in [4.78, 5) is 38.4. The van der Waals surface area contributed by atoms with Crippen LogP contribution in [0.2, 0.25) is 0 Å². The number of carbonyl (C=O) groups is 3. The van der Waals surface area contributed by atoms with Gasteiger partial charge in [0, 0.05) is 11.8 Å². The maximum Gasteiger partial charge on any atom is 0.355 e. The number of aromatic amines is 1. The summed E-state index contributed by atoms with van der Waals surface area (Å²) in [5, 5.41) is 2.90. The summed E-state index contributed by atoms with van der Waals surface area (Å²) in [7, 11) is 0. The Bertz CT molecular complexity index is 925. The zero-order valence-corrected chi connectivity index (χ0v) is 15.3. The summed E-state index contributed by atoms with van der Waals surface area (Å²) >= 11 is 0. The topological polar surface area (TPSA) is 88.3 Å². The number of amides is 1. The molecule has 0 bridgehead atoms. The fourth-order valence-electron chi connectivity index (χ4n) is 2.78. The highest BCUT2D eigenvalue weighted by atomic mass is 16.5. The predicted molar refractivity (Wildman–Crippen MR) is 104 cm³/mol. The van der Waals surface area contributed by atoms with Crippen molar-refractivity contribution in [1.29, 1.82) is 0 Å². The van der Waals surface area contributed by atoms with Crippen LogP contribution >= 0.6 is 0 Å². The minimum atomic E-state index is -0.696. The van der Waals surface area contributed by atoms with E-state index in [9.17, 15) is 14.4 Å². The number of Topliss-reactive ketones (excluding diaryl/α,β-unsaturated/α-hetero) is 1. The standard InChI is InChI=1S/C22H20N2O4/c1-15(25)18-12-19(23-13-18)22(27)28-14-20(26)24-21(16-8-4-2-5-9-16)17-10-6-3-7-11-17/h2-13,21,23H,14H2,1H3,(H,24,26). The molecule has 0 saturated heterocycles. The van der Waals surface area contributed by atoms with Gasteiger partial charge in [-0.15, -0.1) is 0 Å². The Hall–Kier alpha value is -3.67. The van der Waals surface area contributed by atoms with Crippen LogP contribution in [0.25, 0.3) is 0 Å². The summed E-state index contributed by atoms with van der Waals surface area (Å²) in [5.41, 5.74) is 2.35. The molecule has 0 atom stereocenters. The summed E-state index contributed by atoms with van der Waals surface area (Å²) in [6.45, 7) is 0.975. The van der Waals surface area contributed by atoms with E-state index in [0.717, 1.165) is 11.1 Å². The predicted octanol–water partition coefficient (Wildman–Crippen LogP) is 3.28. The number of hydrogen-bond acceptors (Lipinski definition) is 4. The van der Waals surface area contributed by atoms with Crippen LogP contribution in [-0.4, -0.2) is 29.3 Å². The molecule has 2 aromatic carbocycles. The second-order valence-corrected chi connectivity index (χ2v) is 6.26. The second kappa shape index (κ2) is 8.81. The lowest BCUT2D eigenvalue weighted by atomic mass is 9.99. The third-order valence-electron chi connectivity index (χ3n) is 4.21. The largest absolute Gasteiger partial charge is 0.451 e. The lowest BCUT2D eigenvalue weighted by molar-refractivity contribution is -0.124. The first-order valence-corrected chi connectivity index (χ1v) is 8.80. The number of ether oxygens (including phenoxy) is 1. The summed E-state index contributed by atoms with van der Waals surface area (Å²) in [6.07, 6.45) is 1.43. The van der Waals surface area contributed by atoms with Crippen LogP contribution in [0.4, 0.5) is 0 Å². The molecule has 0 aliphatic rings. The number of H-pyrrole nitrogens is 1. The van der Waals surface area contributed by atoms with Crippen molar-refractivity contribution in [2.45, 2.75) is 13.0 Å². The Morgan fingerprint density at radius 3 is 2.04 bits per heavy atom. The molecular weight excluding hydrogens is 356 g/mol. The fourth-order valence-corrected chi connectivity index (χ4v) is 2.78. The van der Waals surface area contributed by atoms with Gasteiger partial charge >= 0.3 is 5.97 Å². The zero-order valence-electron chi connectivity index (χ0n) is 15.3. The molecule has 6 nitrogen and oxygen atoms in total. The van der Waals surface area contributed by atoms with E-state index in [1.165, 1.54) is 19.2 Å². The van der Waals surface area contributed by atoms with Crippen molar-refractivity contribution >= 4 is 17.7 Å². The Labute approximate surface area is 162 Å². The Balaban J connectivity index is 1.65. The van der Waals surface area contributed by atoms with Crippen molar-refractivity contribution in [2.24, 2.45) is 0 Å². The lowest BCUT2D eigenvalue weighted by Crippen LogP contribution is -2.33. The average Bonchev–Trinajstić information content (AvgIpc) is 3.22. The Morgan fingerprint density at radius 1 is 0.964 bits per heavy atom. The molecule has 0 aliphatic carbocycles. The van der Waals surface area contributed by atoms with Crippen molar-refractivity contribution in [3.63, 3.8) is 0 Å². The molecule has 142 valence electrons. The van der Waals surface area contributed by atoms with E-state index in [4.69, 9.17) is 4.74 Å². The molecule has 1 amide bonds. The van der Waals surface area contributed by atoms with E-state index >= 15 is 0 Å². The first-order valence-electron chi connectivity index (χ1n) is 8.80. The number of esters is 1. The molecule has 0 radical (unpaired) electrons. The average molecular weight is 376 g/mol. The quantitative estimate of drug-likeness (QED) is 0.489. The monoisotopic (exact) mass is 376 g/mol. The van der Waals surface area contributed by atoms with E-state index in [1.807, 2.05) is 60.7 Å². The highest BCUT2D eigenvalue weighted by Gasteiger charge is 2.18. The fraction of sp³-hybridized carbons (Fsp3) is 0.136. The van der Waals surface area contributed by atoms with E-state index < -0.39 is 18.5 Å². The van der Waals surface area contributed by atoms with Crippen LogP contribution in [0, 0.1) is 0 Å². The van der Waals surface area contributed by atoms with Crippen LogP contribution < -0.4 is 5.32 Å². The molecule has 1 aromatic heterocycles. The molecule has 0 spiro atoms. The van der Waals surface area contributed by atoms with Gasteiger partial charge in [0.1, 0.15) is 5.69 Å². The lowest BCUT2D eigenvalue weighted by Gasteiger charge is -2.19. The van der Waals surface area contributed by atoms with Crippen LogP contribution in [0.5, 0.6) is 0 Å². The van der Waals surface area contributed by atoms with Gasteiger partial charge in [-0.3, -0.25) is 9.59 Å². The van der Waals surface area contributed by atoms with Gasteiger partial charge in [0.2, 0.25) is 0 Å². The normalized spacial score (nSPS) is 10.5. The van der Waals surface area contributed by atoms with Crippen molar-refractivity contribution in [2.75, 3.05) is 6.61 Å². The summed E-state index contributed by atoms with van der Waals surface area (Å²) in [6, 6.07) is 20.1. The number of aromatic nitrogens is 1. The van der Waals surface area contributed by atoms with E-state index in [0.29, 0.717) is 5.56 Å². The van der Waals surface area contributed by atoms with Crippen LogP contribution in [0.15, 0.2) is 72.9 Å². The molecule has 0 unspecified atom stereocenters. The third-order valence-corrected chi connectivity index (χ3v) is 4.21. The van der Waals surface area contributed by atoms with Crippen molar-refractivity contribution < 1.29 is 19.1 Å². The number of carbonyl (C=O) groups excluding carboxylic acids is 3. The first-order chi connectivity index (χ1) is 13.5. The molecule has 3 aromatic rings. The maximum absolute atomic E-state index is 12.4. The number of nitrogens with one attached hydrogen (secondary N) is 2. The van der Waals surface area contributed by atoms with Gasteiger partial charge in [-0.25, -0.2) is 4.79 Å². The SMILES string of the molecule is CC(=O)c1c[nH]c(C(=O)OCC(=O)NC(c2ccccc2)c2ccccc2)c1. The van der Waals surface area contributed by atoms with E-state index in [2.05, 4.69) is 10.3 Å². The highest BCUT2D eigenvalue weighted by molar-refractivity contribution is 5.97. The van der Waals surface area contributed by atoms with E-state index in [-0.39, 0.29) is 17.5 Å².